The zero-order chi connectivity index (χ0) is 28.3. The summed E-state index contributed by atoms with van der Waals surface area (Å²) in [6, 6.07) is 13.3. The van der Waals surface area contributed by atoms with Crippen LogP contribution in [0.15, 0.2) is 61.1 Å². The molecule has 2 aliphatic heterocycles. The summed E-state index contributed by atoms with van der Waals surface area (Å²) in [7, 11) is 1.83. The quantitative estimate of drug-likeness (QED) is 0.344. The van der Waals surface area contributed by atoms with Gasteiger partial charge in [0, 0.05) is 61.8 Å². The van der Waals surface area contributed by atoms with Gasteiger partial charge in [-0.25, -0.2) is 4.98 Å². The monoisotopic (exact) mass is 553 g/mol. The Balaban J connectivity index is 1.06. The van der Waals surface area contributed by atoms with E-state index < -0.39 is 0 Å². The van der Waals surface area contributed by atoms with Crippen LogP contribution in [0.3, 0.4) is 0 Å². The van der Waals surface area contributed by atoms with Crippen LogP contribution in [0.25, 0.3) is 21.9 Å². The lowest BCUT2D eigenvalue weighted by molar-refractivity contribution is 0.0783. The Bertz CT molecular complexity index is 1580. The lowest BCUT2D eigenvalue weighted by Crippen LogP contribution is -2.38. The summed E-state index contributed by atoms with van der Waals surface area (Å²) in [5.41, 5.74) is 8.59. The molecule has 3 N–H and O–H groups in total. The molecule has 6 rings (SSSR count). The van der Waals surface area contributed by atoms with Gasteiger partial charge in [-0.3, -0.25) is 19.2 Å². The number of pyridine rings is 1. The fourth-order valence-electron chi connectivity index (χ4n) is 5.64. The van der Waals surface area contributed by atoms with Crippen molar-refractivity contribution in [2.45, 2.75) is 25.3 Å². The average Bonchev–Trinajstić information content (AvgIpc) is 3.76. The molecule has 10 nitrogen and oxygen atoms in total. The molecule has 2 saturated heterocycles. The molecular formula is C31H35N7O3. The van der Waals surface area contributed by atoms with E-state index in [2.05, 4.69) is 20.3 Å². The summed E-state index contributed by atoms with van der Waals surface area (Å²) in [6.45, 7) is 4.94. The third kappa shape index (κ3) is 6.02. The van der Waals surface area contributed by atoms with Crippen molar-refractivity contribution < 1.29 is 14.3 Å². The number of nitrogens with zero attached hydrogens (tertiary/aromatic N) is 5. The summed E-state index contributed by atoms with van der Waals surface area (Å²) in [5.74, 6) is 0.659. The molecule has 1 atom stereocenters. The fourth-order valence-corrected chi connectivity index (χ4v) is 5.64. The number of ether oxygens (including phenoxy) is 1. The smallest absolute Gasteiger partial charge is 0.255 e. The number of aromatic nitrogens is 3. The van der Waals surface area contributed by atoms with Crippen LogP contribution in [0.2, 0.25) is 0 Å². The molecule has 0 radical (unpaired) electrons. The predicted octanol–water partition coefficient (Wildman–Crippen LogP) is 3.34. The van der Waals surface area contributed by atoms with Crippen molar-refractivity contribution >= 4 is 28.4 Å². The number of fused-ring (bicyclic) bond motifs is 1. The highest BCUT2D eigenvalue weighted by molar-refractivity contribution is 6.00. The number of amides is 2. The van der Waals surface area contributed by atoms with Gasteiger partial charge in [0.15, 0.2) is 0 Å². The molecule has 2 aromatic carbocycles. The number of nitrogen functional groups attached to an aromatic ring is 1. The number of benzene rings is 2. The second-order valence-corrected chi connectivity index (χ2v) is 10.9. The van der Waals surface area contributed by atoms with Gasteiger partial charge in [-0.1, -0.05) is 12.1 Å². The minimum Gasteiger partial charge on any atom is -0.492 e. The highest BCUT2D eigenvalue weighted by Crippen LogP contribution is 2.25. The lowest BCUT2D eigenvalue weighted by atomic mass is 10.1. The van der Waals surface area contributed by atoms with Crippen molar-refractivity contribution in [2.24, 2.45) is 7.05 Å². The first-order valence-corrected chi connectivity index (χ1v) is 14.2. The Hall–Kier alpha value is -4.44. The Morgan fingerprint density at radius 2 is 1.83 bits per heavy atom. The van der Waals surface area contributed by atoms with Gasteiger partial charge in [0.2, 0.25) is 0 Å². The first-order valence-electron chi connectivity index (χ1n) is 14.2. The van der Waals surface area contributed by atoms with Crippen LogP contribution >= 0.6 is 0 Å². The number of carbonyl (C=O) groups excluding carboxylic acids is 2. The van der Waals surface area contributed by atoms with E-state index in [0.29, 0.717) is 37.2 Å². The number of likely N-dealkylation sites (tertiary alicyclic amines) is 2. The van der Waals surface area contributed by atoms with Crippen molar-refractivity contribution in [3.8, 4) is 16.9 Å². The van der Waals surface area contributed by atoms with Gasteiger partial charge in [-0.2, -0.15) is 5.10 Å². The molecule has 2 fully saturated rings. The van der Waals surface area contributed by atoms with E-state index in [9.17, 15) is 9.59 Å². The van der Waals surface area contributed by atoms with E-state index in [1.165, 1.54) is 12.8 Å². The Morgan fingerprint density at radius 3 is 2.63 bits per heavy atom. The van der Waals surface area contributed by atoms with Crippen LogP contribution in [-0.2, 0) is 7.05 Å². The van der Waals surface area contributed by atoms with E-state index in [1.54, 1.807) is 28.0 Å². The van der Waals surface area contributed by atoms with Gasteiger partial charge in [0.25, 0.3) is 11.8 Å². The Morgan fingerprint density at radius 1 is 1.02 bits per heavy atom. The molecule has 0 aliphatic carbocycles. The van der Waals surface area contributed by atoms with Crippen LogP contribution in [-0.4, -0.2) is 81.8 Å². The topological polar surface area (TPSA) is 119 Å². The number of rotatable bonds is 8. The summed E-state index contributed by atoms with van der Waals surface area (Å²) >= 11 is 0. The minimum atomic E-state index is -0.302. The van der Waals surface area contributed by atoms with E-state index in [0.717, 1.165) is 47.3 Å². The lowest BCUT2D eigenvalue weighted by Gasteiger charge is -2.18. The van der Waals surface area contributed by atoms with Crippen molar-refractivity contribution in [3.05, 3.63) is 72.2 Å². The molecule has 2 aliphatic rings. The molecule has 0 spiro atoms. The number of carbonyl (C=O) groups is 2. The van der Waals surface area contributed by atoms with Crippen LogP contribution in [0.5, 0.6) is 5.75 Å². The minimum absolute atomic E-state index is 0.0469. The third-order valence-corrected chi connectivity index (χ3v) is 7.95. The summed E-state index contributed by atoms with van der Waals surface area (Å²) in [4.78, 5) is 34.9. The highest BCUT2D eigenvalue weighted by Gasteiger charge is 2.29. The fraction of sp³-hybridized carbons (Fsp3) is 0.355. The second-order valence-electron chi connectivity index (χ2n) is 10.9. The second kappa shape index (κ2) is 11.6. The first kappa shape index (κ1) is 26.8. The molecule has 0 bridgehead atoms. The zero-order valence-electron chi connectivity index (χ0n) is 23.3. The number of nitrogens with two attached hydrogens (primary N) is 1. The van der Waals surface area contributed by atoms with Gasteiger partial charge in [0.05, 0.1) is 11.8 Å². The van der Waals surface area contributed by atoms with Crippen LogP contribution in [0, 0.1) is 0 Å². The van der Waals surface area contributed by atoms with E-state index in [1.807, 2.05) is 49.6 Å². The van der Waals surface area contributed by atoms with Gasteiger partial charge in [-0.15, -0.1) is 0 Å². The molecule has 0 saturated carbocycles. The summed E-state index contributed by atoms with van der Waals surface area (Å²) in [5, 5.41) is 9.24. The average molecular weight is 554 g/mol. The summed E-state index contributed by atoms with van der Waals surface area (Å²) in [6.07, 6.45) is 8.42. The van der Waals surface area contributed by atoms with E-state index >= 15 is 0 Å². The van der Waals surface area contributed by atoms with E-state index in [-0.39, 0.29) is 23.7 Å². The maximum atomic E-state index is 13.3. The van der Waals surface area contributed by atoms with Crippen molar-refractivity contribution in [2.75, 3.05) is 45.1 Å². The van der Waals surface area contributed by atoms with Gasteiger partial charge in [0.1, 0.15) is 18.2 Å². The molecule has 2 aromatic heterocycles. The number of anilines is 1. The van der Waals surface area contributed by atoms with Crippen LogP contribution in [0.1, 0.15) is 40.0 Å². The number of hydrogen-bond acceptors (Lipinski definition) is 7. The largest absolute Gasteiger partial charge is 0.492 e. The summed E-state index contributed by atoms with van der Waals surface area (Å²) < 4.78 is 7.67. The van der Waals surface area contributed by atoms with E-state index in [4.69, 9.17) is 10.5 Å². The molecular weight excluding hydrogens is 518 g/mol. The maximum Gasteiger partial charge on any atom is 0.255 e. The number of hydrogen-bond donors (Lipinski definition) is 2. The highest BCUT2D eigenvalue weighted by atomic mass is 16.5. The number of nitrogens with one attached hydrogen (secondary N) is 1. The SMILES string of the molecule is Cn1cc(-c2cnc(N)c(C(=O)N[C@@H]3CCN(C(=O)c4ccc5cc(OCCN6CCCC6)ccc5c4)C3)c2)cn1. The number of aryl methyl sites for hydroxylation is 1. The van der Waals surface area contributed by atoms with Gasteiger partial charge >= 0.3 is 0 Å². The maximum absolute atomic E-state index is 13.3. The molecule has 0 unspecified atom stereocenters. The molecule has 212 valence electrons. The van der Waals surface area contributed by atoms with Crippen molar-refractivity contribution in [1.29, 1.82) is 0 Å². The predicted molar refractivity (Wildman–Crippen MR) is 158 cm³/mol. The molecule has 10 heteroatoms. The normalized spacial score (nSPS) is 17.3. The molecule has 41 heavy (non-hydrogen) atoms. The van der Waals surface area contributed by atoms with Gasteiger partial charge in [-0.05, 0) is 73.5 Å². The Kier molecular flexibility index (Phi) is 7.56. The zero-order valence-corrected chi connectivity index (χ0v) is 23.3. The van der Waals surface area contributed by atoms with Crippen LogP contribution < -0.4 is 15.8 Å². The first-order chi connectivity index (χ1) is 19.9. The van der Waals surface area contributed by atoms with Gasteiger partial charge < -0.3 is 20.7 Å². The molecule has 2 amide bonds. The standard InChI is InChI=1S/C31H35N7O3/c1-36-19-25(18-34-36)24-16-28(29(32)33-17-24)30(39)35-26-8-11-38(20-26)31(40)23-5-4-22-15-27(7-6-21(22)14-23)41-13-12-37-9-2-3-10-37/h4-7,14-19,26H,2-3,8-13,20H2,1H3,(H2,32,33)(H,35,39)/t26-/m1/s1. The van der Waals surface area contributed by atoms with Crippen LogP contribution in [0.4, 0.5) is 5.82 Å². The third-order valence-electron chi connectivity index (χ3n) is 7.95. The van der Waals surface area contributed by atoms with Crippen molar-refractivity contribution in [1.82, 2.24) is 29.9 Å². The Labute approximate surface area is 239 Å². The molecule has 4 heterocycles. The molecule has 4 aromatic rings. The van der Waals surface area contributed by atoms with Crippen molar-refractivity contribution in [3.63, 3.8) is 0 Å².